The third-order valence-corrected chi connectivity index (χ3v) is 6.31. The van der Waals surface area contributed by atoms with Gasteiger partial charge in [-0.05, 0) is 50.5 Å². The van der Waals surface area contributed by atoms with Gasteiger partial charge >= 0.3 is 0 Å². The minimum atomic E-state index is -0.953. The van der Waals surface area contributed by atoms with Crippen LogP contribution in [-0.4, -0.2) is 46.6 Å². The number of aromatic nitrogens is 2. The number of benzene rings is 1. The Morgan fingerprint density at radius 2 is 2.07 bits per heavy atom. The van der Waals surface area contributed by atoms with Gasteiger partial charge in [-0.15, -0.1) is 10.2 Å². The van der Waals surface area contributed by atoms with E-state index in [2.05, 4.69) is 15.5 Å². The third kappa shape index (κ3) is 3.11. The fourth-order valence-corrected chi connectivity index (χ4v) is 4.69. The van der Waals surface area contributed by atoms with E-state index < -0.39 is 6.17 Å². The van der Waals surface area contributed by atoms with Crippen LogP contribution in [0.3, 0.4) is 0 Å². The summed E-state index contributed by atoms with van der Waals surface area (Å²) in [5.74, 6) is 0.993. The Balaban J connectivity index is 1.45. The van der Waals surface area contributed by atoms with Gasteiger partial charge < -0.3 is 19.7 Å². The Morgan fingerprint density at radius 1 is 1.23 bits per heavy atom. The standard InChI is InChI=1S/C22H23FN4O3/c1-11-7-18(28)14-9-19(29)13(10-20(14)30-11)15-5-6-21(26-25-15)27(2)17-8-12-3-4-16(24-12)22(17)23/h5-7,9-10,12,16-17,22,24,29H,3-4,8H2,1-2H3/t12?,16?,17-,22+/m1/s1. The van der Waals surface area contributed by atoms with Gasteiger partial charge in [-0.25, -0.2) is 4.39 Å². The number of phenols is 1. The van der Waals surface area contributed by atoms with Crippen LogP contribution in [0, 0.1) is 6.92 Å². The van der Waals surface area contributed by atoms with Crippen molar-refractivity contribution in [2.24, 2.45) is 0 Å². The maximum Gasteiger partial charge on any atom is 0.193 e. The molecule has 156 valence electrons. The molecule has 2 N–H and O–H groups in total. The molecule has 2 aromatic heterocycles. The van der Waals surface area contributed by atoms with Gasteiger partial charge in [0.2, 0.25) is 0 Å². The molecule has 2 aliphatic rings. The van der Waals surface area contributed by atoms with Crippen LogP contribution in [0.5, 0.6) is 5.75 Å². The molecule has 2 saturated heterocycles. The first-order valence-electron chi connectivity index (χ1n) is 10.2. The summed E-state index contributed by atoms with van der Waals surface area (Å²) < 4.78 is 20.5. The first kappa shape index (κ1) is 19.0. The number of alkyl halides is 1. The molecular weight excluding hydrogens is 387 g/mol. The average Bonchev–Trinajstić information content (AvgIpc) is 3.14. The van der Waals surface area contributed by atoms with Crippen molar-refractivity contribution in [2.45, 2.75) is 50.5 Å². The molecule has 7 nitrogen and oxygen atoms in total. The second kappa shape index (κ2) is 7.05. The summed E-state index contributed by atoms with van der Waals surface area (Å²) >= 11 is 0. The smallest absolute Gasteiger partial charge is 0.193 e. The molecule has 4 heterocycles. The normalized spacial score (nSPS) is 25.6. The largest absolute Gasteiger partial charge is 0.507 e. The number of aromatic hydroxyl groups is 1. The van der Waals surface area contributed by atoms with Gasteiger partial charge in [0.05, 0.1) is 17.1 Å². The maximum absolute atomic E-state index is 14.9. The lowest BCUT2D eigenvalue weighted by Gasteiger charge is -2.38. The molecule has 2 fully saturated rings. The fourth-order valence-electron chi connectivity index (χ4n) is 4.69. The molecule has 1 aromatic carbocycles. The van der Waals surface area contributed by atoms with Crippen LogP contribution in [0.15, 0.2) is 39.5 Å². The first-order chi connectivity index (χ1) is 14.4. The van der Waals surface area contributed by atoms with E-state index in [0.717, 1.165) is 19.3 Å². The van der Waals surface area contributed by atoms with Crippen LogP contribution in [-0.2, 0) is 0 Å². The van der Waals surface area contributed by atoms with E-state index in [-0.39, 0.29) is 23.3 Å². The van der Waals surface area contributed by atoms with E-state index in [1.807, 2.05) is 11.9 Å². The molecule has 2 bridgehead atoms. The second-order valence-electron chi connectivity index (χ2n) is 8.27. The summed E-state index contributed by atoms with van der Waals surface area (Å²) in [6.45, 7) is 1.70. The maximum atomic E-state index is 14.9. The topological polar surface area (TPSA) is 91.5 Å². The highest BCUT2D eigenvalue weighted by Crippen LogP contribution is 2.34. The lowest BCUT2D eigenvalue weighted by atomic mass is 9.96. The number of aryl methyl sites for hydroxylation is 1. The molecule has 30 heavy (non-hydrogen) atoms. The Kier molecular flexibility index (Phi) is 4.47. The highest BCUT2D eigenvalue weighted by molar-refractivity contribution is 5.85. The SMILES string of the molecule is Cc1cc(=O)c2cc(O)c(-c3ccc(N(C)[C@@H]4CC5CCC(N5)[C@@H]4F)nn3)cc2o1. The average molecular weight is 410 g/mol. The Hall–Kier alpha value is -3.00. The number of halogens is 1. The highest BCUT2D eigenvalue weighted by Gasteiger charge is 2.43. The number of anilines is 1. The van der Waals surface area contributed by atoms with Crippen molar-refractivity contribution in [1.29, 1.82) is 0 Å². The summed E-state index contributed by atoms with van der Waals surface area (Å²) in [6.07, 6.45) is 1.67. The highest BCUT2D eigenvalue weighted by atomic mass is 19.1. The summed E-state index contributed by atoms with van der Waals surface area (Å²) in [6, 6.07) is 7.90. The van der Waals surface area contributed by atoms with Crippen LogP contribution < -0.4 is 15.6 Å². The van der Waals surface area contributed by atoms with Crippen molar-refractivity contribution < 1.29 is 13.9 Å². The third-order valence-electron chi connectivity index (χ3n) is 6.31. The molecule has 5 rings (SSSR count). The Morgan fingerprint density at radius 3 is 2.83 bits per heavy atom. The lowest BCUT2D eigenvalue weighted by molar-refractivity contribution is 0.176. The van der Waals surface area contributed by atoms with Crippen molar-refractivity contribution in [3.8, 4) is 17.0 Å². The number of rotatable bonds is 3. The van der Waals surface area contributed by atoms with Gasteiger partial charge in [0.15, 0.2) is 11.2 Å². The van der Waals surface area contributed by atoms with E-state index in [1.165, 1.54) is 12.1 Å². The van der Waals surface area contributed by atoms with Crippen LogP contribution in [0.2, 0.25) is 0 Å². The van der Waals surface area contributed by atoms with E-state index in [0.29, 0.717) is 39.8 Å². The number of hydrogen-bond donors (Lipinski definition) is 2. The predicted octanol–water partition coefficient (Wildman–Crippen LogP) is 2.93. The van der Waals surface area contributed by atoms with Crippen LogP contribution in [0.1, 0.15) is 25.0 Å². The zero-order chi connectivity index (χ0) is 21.0. The monoisotopic (exact) mass is 410 g/mol. The first-order valence-corrected chi connectivity index (χ1v) is 10.2. The lowest BCUT2D eigenvalue weighted by Crippen LogP contribution is -2.55. The molecule has 0 amide bonds. The van der Waals surface area contributed by atoms with Gasteiger partial charge in [-0.2, -0.15) is 0 Å². The number of piperidine rings is 1. The number of nitrogens with zero attached hydrogens (tertiary/aromatic N) is 3. The summed E-state index contributed by atoms with van der Waals surface area (Å²) in [7, 11) is 1.84. The number of hydrogen-bond acceptors (Lipinski definition) is 7. The van der Waals surface area contributed by atoms with E-state index in [9.17, 15) is 14.3 Å². The van der Waals surface area contributed by atoms with E-state index >= 15 is 0 Å². The number of nitrogens with one attached hydrogen (secondary N) is 1. The molecular formula is C22H23FN4O3. The van der Waals surface area contributed by atoms with Gasteiger partial charge in [-0.3, -0.25) is 4.79 Å². The molecule has 2 aliphatic heterocycles. The molecule has 2 unspecified atom stereocenters. The van der Waals surface area contributed by atoms with E-state index in [4.69, 9.17) is 4.42 Å². The van der Waals surface area contributed by atoms with Crippen LogP contribution in [0.4, 0.5) is 10.2 Å². The summed E-state index contributed by atoms with van der Waals surface area (Å²) in [4.78, 5) is 14.0. The Labute approximate surface area is 172 Å². The molecule has 0 saturated carbocycles. The fraction of sp³-hybridized carbons (Fsp3) is 0.409. The van der Waals surface area contributed by atoms with Gasteiger partial charge in [0.1, 0.15) is 23.3 Å². The molecule has 8 heteroatoms. The molecule has 0 aliphatic carbocycles. The predicted molar refractivity (Wildman–Crippen MR) is 112 cm³/mol. The van der Waals surface area contributed by atoms with Crippen LogP contribution in [0.25, 0.3) is 22.2 Å². The van der Waals surface area contributed by atoms with Crippen molar-refractivity contribution in [3.05, 3.63) is 46.3 Å². The zero-order valence-electron chi connectivity index (χ0n) is 16.8. The van der Waals surface area contributed by atoms with Crippen molar-refractivity contribution in [2.75, 3.05) is 11.9 Å². The number of fused-ring (bicyclic) bond motifs is 3. The second-order valence-corrected chi connectivity index (χ2v) is 8.27. The minimum Gasteiger partial charge on any atom is -0.507 e. The van der Waals surface area contributed by atoms with Gasteiger partial charge in [0.25, 0.3) is 0 Å². The summed E-state index contributed by atoms with van der Waals surface area (Å²) in [5, 5.41) is 22.6. The molecule has 0 spiro atoms. The summed E-state index contributed by atoms with van der Waals surface area (Å²) in [5.41, 5.74) is 1.02. The molecule has 0 radical (unpaired) electrons. The van der Waals surface area contributed by atoms with Gasteiger partial charge in [-0.1, -0.05) is 0 Å². The molecule has 4 atom stereocenters. The number of phenolic OH excluding ortho intramolecular Hbond substituents is 1. The zero-order valence-corrected chi connectivity index (χ0v) is 16.8. The quantitative estimate of drug-likeness (QED) is 0.686. The molecule has 3 aromatic rings. The minimum absolute atomic E-state index is 0.0761. The van der Waals surface area contributed by atoms with Gasteiger partial charge in [0, 0.05) is 30.8 Å². The van der Waals surface area contributed by atoms with Crippen molar-refractivity contribution in [1.82, 2.24) is 15.5 Å². The van der Waals surface area contributed by atoms with Crippen molar-refractivity contribution >= 4 is 16.8 Å². The van der Waals surface area contributed by atoms with E-state index in [1.54, 1.807) is 25.1 Å². The van der Waals surface area contributed by atoms with Crippen molar-refractivity contribution in [3.63, 3.8) is 0 Å². The van der Waals surface area contributed by atoms with Crippen LogP contribution >= 0.6 is 0 Å². The Bertz CT molecular complexity index is 1160.